The smallest absolute Gasteiger partial charge is 0.323 e. The lowest BCUT2D eigenvalue weighted by molar-refractivity contribution is -0.259. The number of ether oxygens (including phenoxy) is 2. The highest BCUT2D eigenvalue weighted by molar-refractivity contribution is 5.76. The van der Waals surface area contributed by atoms with Crippen molar-refractivity contribution in [3.8, 4) is 0 Å². The van der Waals surface area contributed by atoms with Crippen molar-refractivity contribution >= 4 is 11.9 Å². The number of rotatable bonds is 7. The number of aliphatic carboxylic acids is 1. The zero-order valence-corrected chi connectivity index (χ0v) is 31.3. The van der Waals surface area contributed by atoms with Gasteiger partial charge in [0.05, 0.1) is 12.5 Å². The summed E-state index contributed by atoms with van der Waals surface area (Å²) >= 11 is 0. The number of nitrogens with zero attached hydrogens (tertiary/aromatic N) is 1. The third-order valence-corrected chi connectivity index (χ3v) is 15.7. The van der Waals surface area contributed by atoms with Crippen LogP contribution in [0, 0.1) is 56.7 Å². The molecule has 0 aromatic carbocycles. The highest BCUT2D eigenvalue weighted by Crippen LogP contribution is 2.77. The molecule has 0 amide bonds. The van der Waals surface area contributed by atoms with Gasteiger partial charge in [0.2, 0.25) is 0 Å². The van der Waals surface area contributed by atoms with Gasteiger partial charge in [-0.1, -0.05) is 60.6 Å². The molecule has 0 bridgehead atoms. The summed E-state index contributed by atoms with van der Waals surface area (Å²) in [6.07, 6.45) is 12.8. The zero-order chi connectivity index (χ0) is 34.6. The van der Waals surface area contributed by atoms with E-state index >= 15 is 0 Å². The van der Waals surface area contributed by atoms with Crippen molar-refractivity contribution in [2.24, 2.45) is 56.7 Å². The standard InChI is InChI=1S/C38H61NO6.C2H6/c1-24(2)25-14-19-38(33(41)42)21-20-36(6)26(32(25)38)12-13-28-35(5)17-16-29(34(3,4)27(35)15-18-37(28,36)7)45-31(40)23-39(43-8)30-11-9-10-22-44-30;1-2/h25-30,32H,1,9-23H2,2-8H3,(H,41,42);1-2H3/t25-,26?,27?,28?,29-,30+,32?,35-,36+,37+,38-;/m0./s1. The molecule has 0 aromatic heterocycles. The average molecular weight is 658 g/mol. The van der Waals surface area contributed by atoms with Crippen molar-refractivity contribution in [1.82, 2.24) is 5.06 Å². The van der Waals surface area contributed by atoms with Gasteiger partial charge in [0.1, 0.15) is 18.9 Å². The van der Waals surface area contributed by atoms with Gasteiger partial charge >= 0.3 is 11.9 Å². The van der Waals surface area contributed by atoms with E-state index < -0.39 is 11.4 Å². The van der Waals surface area contributed by atoms with Crippen LogP contribution in [-0.4, -0.2) is 54.7 Å². The first-order valence-corrected chi connectivity index (χ1v) is 19.2. The molecule has 1 aliphatic heterocycles. The van der Waals surface area contributed by atoms with Crippen molar-refractivity contribution in [1.29, 1.82) is 0 Å². The van der Waals surface area contributed by atoms with Crippen LogP contribution in [0.2, 0.25) is 0 Å². The van der Waals surface area contributed by atoms with Gasteiger partial charge in [-0.3, -0.25) is 14.4 Å². The van der Waals surface area contributed by atoms with E-state index in [0.29, 0.717) is 30.3 Å². The Labute approximate surface area is 285 Å². The Morgan fingerprint density at radius 2 is 1.60 bits per heavy atom. The molecule has 0 radical (unpaired) electrons. The number of carboxylic acid groups (broad SMARTS) is 1. The summed E-state index contributed by atoms with van der Waals surface area (Å²) in [5.74, 6) is 1.20. The maximum absolute atomic E-state index is 13.3. The third-order valence-electron chi connectivity index (χ3n) is 15.7. The molecule has 5 aliphatic carbocycles. The summed E-state index contributed by atoms with van der Waals surface area (Å²) in [6.45, 7) is 23.7. The first-order valence-electron chi connectivity index (χ1n) is 19.2. The minimum absolute atomic E-state index is 0.0836. The maximum Gasteiger partial charge on any atom is 0.323 e. The number of carboxylic acids is 1. The van der Waals surface area contributed by atoms with Gasteiger partial charge in [-0.15, -0.1) is 5.06 Å². The van der Waals surface area contributed by atoms with E-state index in [0.717, 1.165) is 77.0 Å². The van der Waals surface area contributed by atoms with Crippen molar-refractivity contribution in [3.63, 3.8) is 0 Å². The lowest BCUT2D eigenvalue weighted by atomic mass is 9.32. The molecule has 7 nitrogen and oxygen atoms in total. The van der Waals surface area contributed by atoms with Crippen molar-refractivity contribution in [2.75, 3.05) is 20.3 Å². The Bertz CT molecular complexity index is 1180. The fraction of sp³-hybridized carbons (Fsp3) is 0.900. The second kappa shape index (κ2) is 13.4. The molecular weight excluding hydrogens is 590 g/mol. The second-order valence-corrected chi connectivity index (χ2v) is 17.6. The minimum atomic E-state index is -0.580. The van der Waals surface area contributed by atoms with E-state index in [2.05, 4.69) is 48.1 Å². The number of hydrogen-bond acceptors (Lipinski definition) is 6. The fourth-order valence-corrected chi connectivity index (χ4v) is 13.3. The number of allylic oxidation sites excluding steroid dienone is 1. The van der Waals surface area contributed by atoms with Crippen LogP contribution in [0.25, 0.3) is 0 Å². The van der Waals surface area contributed by atoms with E-state index in [9.17, 15) is 14.7 Å². The molecule has 1 saturated heterocycles. The van der Waals surface area contributed by atoms with E-state index in [1.807, 2.05) is 13.8 Å². The van der Waals surface area contributed by atoms with Gasteiger partial charge in [-0.05, 0) is 136 Å². The summed E-state index contributed by atoms with van der Waals surface area (Å²) in [5.41, 5.74) is 0.902. The van der Waals surface area contributed by atoms with Crippen molar-refractivity contribution in [2.45, 2.75) is 151 Å². The largest absolute Gasteiger partial charge is 0.481 e. The highest BCUT2D eigenvalue weighted by atomic mass is 16.7. The van der Waals surface area contributed by atoms with Crippen LogP contribution in [0.1, 0.15) is 139 Å². The molecule has 5 saturated carbocycles. The molecule has 268 valence electrons. The lowest BCUT2D eigenvalue weighted by Gasteiger charge is -2.72. The number of carbonyl (C=O) groups excluding carboxylic acids is 1. The average Bonchev–Trinajstić information content (AvgIpc) is 3.45. The predicted octanol–water partition coefficient (Wildman–Crippen LogP) is 9.06. The molecule has 1 N–H and O–H groups in total. The lowest BCUT2D eigenvalue weighted by Crippen LogP contribution is -2.67. The van der Waals surface area contributed by atoms with Crippen molar-refractivity contribution in [3.05, 3.63) is 12.2 Å². The van der Waals surface area contributed by atoms with Crippen LogP contribution >= 0.6 is 0 Å². The first-order chi connectivity index (χ1) is 22.2. The molecule has 11 atom stereocenters. The van der Waals surface area contributed by atoms with Crippen LogP contribution in [0.5, 0.6) is 0 Å². The summed E-state index contributed by atoms with van der Waals surface area (Å²) in [6, 6.07) is 0. The Kier molecular flexibility index (Phi) is 10.5. The number of hydrogen-bond donors (Lipinski definition) is 1. The van der Waals surface area contributed by atoms with Crippen molar-refractivity contribution < 1.29 is 29.0 Å². The number of fused-ring (bicyclic) bond motifs is 7. The second-order valence-electron chi connectivity index (χ2n) is 17.6. The van der Waals surface area contributed by atoms with Crippen LogP contribution in [-0.2, 0) is 23.9 Å². The van der Waals surface area contributed by atoms with Gasteiger partial charge in [-0.2, -0.15) is 0 Å². The first kappa shape index (κ1) is 36.8. The molecule has 0 spiro atoms. The van der Waals surface area contributed by atoms with Gasteiger partial charge in [-0.25, -0.2) is 0 Å². The van der Waals surface area contributed by atoms with Gasteiger partial charge < -0.3 is 14.6 Å². The molecule has 6 aliphatic rings. The number of carbonyl (C=O) groups is 2. The highest BCUT2D eigenvalue weighted by Gasteiger charge is 2.72. The minimum Gasteiger partial charge on any atom is -0.481 e. The Morgan fingerprint density at radius 3 is 2.21 bits per heavy atom. The summed E-state index contributed by atoms with van der Waals surface area (Å²) < 4.78 is 12.2. The quantitative estimate of drug-likeness (QED) is 0.166. The van der Waals surface area contributed by atoms with Crippen LogP contribution in [0.15, 0.2) is 12.2 Å². The molecule has 47 heavy (non-hydrogen) atoms. The third kappa shape index (κ3) is 5.65. The summed E-state index contributed by atoms with van der Waals surface area (Å²) in [4.78, 5) is 31.8. The number of hydroxylamine groups is 2. The van der Waals surface area contributed by atoms with E-state index in [-0.39, 0.29) is 52.4 Å². The Hall–Kier alpha value is -1.44. The fourth-order valence-electron chi connectivity index (χ4n) is 13.3. The zero-order valence-electron chi connectivity index (χ0n) is 31.3. The van der Waals surface area contributed by atoms with E-state index in [4.69, 9.17) is 14.3 Å². The Morgan fingerprint density at radius 1 is 0.872 bits per heavy atom. The van der Waals surface area contributed by atoms with Crippen LogP contribution in [0.4, 0.5) is 0 Å². The SMILES string of the molecule is C=C(C)[C@@H]1CC[C@]2(C(=O)O)CC[C@]3(C)C(CCC4[C@@]5(C)CC[C@H](OC(=O)CN(OC)[C@H]6CCCCO6)C(C)(C)C5CC[C@]43C)C12.CC. The monoisotopic (exact) mass is 657 g/mol. The molecule has 7 heteroatoms. The summed E-state index contributed by atoms with van der Waals surface area (Å²) in [5, 5.41) is 12.3. The van der Waals surface area contributed by atoms with Crippen LogP contribution in [0.3, 0.4) is 0 Å². The molecule has 6 fully saturated rings. The van der Waals surface area contributed by atoms with Gasteiger partial charge in [0.15, 0.2) is 0 Å². The normalized spacial score (nSPS) is 45.3. The topological polar surface area (TPSA) is 85.3 Å². The molecule has 4 unspecified atom stereocenters. The maximum atomic E-state index is 13.3. The number of esters is 1. The Balaban J connectivity index is 0.00000213. The molecule has 6 rings (SSSR count). The van der Waals surface area contributed by atoms with E-state index in [1.165, 1.54) is 12.0 Å². The predicted molar refractivity (Wildman–Crippen MR) is 185 cm³/mol. The molecule has 0 aromatic rings. The molecule has 1 heterocycles. The van der Waals surface area contributed by atoms with Gasteiger partial charge in [0, 0.05) is 12.0 Å². The van der Waals surface area contributed by atoms with Gasteiger partial charge in [0.25, 0.3) is 0 Å². The van der Waals surface area contributed by atoms with E-state index in [1.54, 1.807) is 12.2 Å². The van der Waals surface area contributed by atoms with Crippen LogP contribution < -0.4 is 0 Å². The summed E-state index contributed by atoms with van der Waals surface area (Å²) in [7, 11) is 1.61. The molecular formula is C40H67NO6.